The van der Waals surface area contributed by atoms with Gasteiger partial charge < -0.3 is 20.1 Å². The highest BCUT2D eigenvalue weighted by atomic mass is 16.6. The standard InChI is InChI=1S/C12H19N5O4/c1-20-9-3-4-16(8(5-9)6-13)11-10(17(18)19)12(21-2)15-7-14-11/h7-9H,3-6,13H2,1-2H3. The first-order valence-corrected chi connectivity index (χ1v) is 6.65. The van der Waals surface area contributed by atoms with Gasteiger partial charge in [0.25, 0.3) is 5.88 Å². The van der Waals surface area contributed by atoms with Gasteiger partial charge in [-0.2, -0.15) is 4.98 Å². The minimum atomic E-state index is -0.524. The van der Waals surface area contributed by atoms with Crippen molar-refractivity contribution in [3.05, 3.63) is 16.4 Å². The number of nitro groups is 1. The lowest BCUT2D eigenvalue weighted by Gasteiger charge is -2.38. The van der Waals surface area contributed by atoms with Crippen LogP contribution in [0.2, 0.25) is 0 Å². The second-order valence-electron chi connectivity index (χ2n) is 4.78. The van der Waals surface area contributed by atoms with Crippen LogP contribution in [0.4, 0.5) is 11.5 Å². The topological polar surface area (TPSA) is 117 Å². The fourth-order valence-electron chi connectivity index (χ4n) is 2.60. The van der Waals surface area contributed by atoms with E-state index in [-0.39, 0.29) is 29.5 Å². The molecule has 2 unspecified atom stereocenters. The van der Waals surface area contributed by atoms with Crippen molar-refractivity contribution in [3.63, 3.8) is 0 Å². The maximum absolute atomic E-state index is 11.3. The number of aromatic nitrogens is 2. The number of nitrogens with two attached hydrogens (primary N) is 1. The molecule has 0 spiro atoms. The molecule has 1 fully saturated rings. The van der Waals surface area contributed by atoms with Gasteiger partial charge in [-0.1, -0.05) is 0 Å². The summed E-state index contributed by atoms with van der Waals surface area (Å²) in [5.41, 5.74) is 5.58. The third-order valence-electron chi connectivity index (χ3n) is 3.69. The van der Waals surface area contributed by atoms with E-state index in [0.29, 0.717) is 19.5 Å². The van der Waals surface area contributed by atoms with Gasteiger partial charge in [0.2, 0.25) is 5.82 Å². The van der Waals surface area contributed by atoms with Crippen molar-refractivity contribution < 1.29 is 14.4 Å². The number of nitrogens with zero attached hydrogens (tertiary/aromatic N) is 4. The first-order valence-electron chi connectivity index (χ1n) is 6.65. The second kappa shape index (κ2) is 6.64. The molecule has 0 aliphatic carbocycles. The van der Waals surface area contributed by atoms with Gasteiger partial charge in [0.15, 0.2) is 0 Å². The first kappa shape index (κ1) is 15.4. The number of piperidine rings is 1. The van der Waals surface area contributed by atoms with Gasteiger partial charge in [-0.05, 0) is 12.8 Å². The molecule has 1 aromatic heterocycles. The van der Waals surface area contributed by atoms with E-state index in [1.54, 1.807) is 7.11 Å². The molecule has 0 bridgehead atoms. The average Bonchev–Trinajstić information content (AvgIpc) is 2.53. The fraction of sp³-hybridized carbons (Fsp3) is 0.667. The van der Waals surface area contributed by atoms with Gasteiger partial charge in [-0.3, -0.25) is 10.1 Å². The Labute approximate surface area is 122 Å². The van der Waals surface area contributed by atoms with E-state index < -0.39 is 4.92 Å². The number of methoxy groups -OCH3 is 2. The Morgan fingerprint density at radius 3 is 2.86 bits per heavy atom. The molecule has 1 aliphatic rings. The molecule has 0 saturated carbocycles. The van der Waals surface area contributed by atoms with Crippen molar-refractivity contribution in [2.45, 2.75) is 25.0 Å². The summed E-state index contributed by atoms with van der Waals surface area (Å²) in [6.07, 6.45) is 2.84. The van der Waals surface area contributed by atoms with Gasteiger partial charge in [-0.25, -0.2) is 4.98 Å². The monoisotopic (exact) mass is 297 g/mol. The minimum absolute atomic E-state index is 0.0466. The Balaban J connectivity index is 2.38. The quantitative estimate of drug-likeness (QED) is 0.610. The van der Waals surface area contributed by atoms with E-state index in [1.807, 2.05) is 4.90 Å². The maximum Gasteiger partial charge on any atom is 0.372 e. The summed E-state index contributed by atoms with van der Waals surface area (Å²) in [6.45, 7) is 0.949. The third-order valence-corrected chi connectivity index (χ3v) is 3.69. The number of anilines is 1. The van der Waals surface area contributed by atoms with Crippen molar-refractivity contribution in [3.8, 4) is 5.88 Å². The van der Waals surface area contributed by atoms with E-state index >= 15 is 0 Å². The predicted octanol–water partition coefficient (Wildman–Crippen LogP) is 0.336. The summed E-state index contributed by atoms with van der Waals surface area (Å²) in [5.74, 6) is 0.200. The van der Waals surface area contributed by atoms with Crippen LogP contribution in [0.3, 0.4) is 0 Å². The van der Waals surface area contributed by atoms with E-state index in [2.05, 4.69) is 9.97 Å². The van der Waals surface area contributed by atoms with Crippen LogP contribution in [0.25, 0.3) is 0 Å². The average molecular weight is 297 g/mol. The molecule has 1 saturated heterocycles. The Bertz CT molecular complexity index is 512. The molecule has 0 amide bonds. The van der Waals surface area contributed by atoms with Gasteiger partial charge in [0.1, 0.15) is 6.33 Å². The van der Waals surface area contributed by atoms with E-state index in [4.69, 9.17) is 15.2 Å². The van der Waals surface area contributed by atoms with Crippen molar-refractivity contribution in [2.24, 2.45) is 5.73 Å². The molecule has 0 radical (unpaired) electrons. The van der Waals surface area contributed by atoms with Crippen LogP contribution in [0.5, 0.6) is 5.88 Å². The van der Waals surface area contributed by atoms with Crippen LogP contribution in [0.15, 0.2) is 6.33 Å². The Kier molecular flexibility index (Phi) is 4.86. The largest absolute Gasteiger partial charge is 0.476 e. The fourth-order valence-corrected chi connectivity index (χ4v) is 2.60. The SMILES string of the molecule is COc1ncnc(N2CCC(OC)CC2CN)c1[N+](=O)[O-]. The van der Waals surface area contributed by atoms with Crippen LogP contribution in [-0.4, -0.2) is 54.3 Å². The molecule has 2 heterocycles. The van der Waals surface area contributed by atoms with Gasteiger partial charge in [0, 0.05) is 26.2 Å². The molecule has 116 valence electrons. The van der Waals surface area contributed by atoms with E-state index in [9.17, 15) is 10.1 Å². The molecular formula is C12H19N5O4. The summed E-state index contributed by atoms with van der Waals surface area (Å²) < 4.78 is 10.3. The van der Waals surface area contributed by atoms with E-state index in [1.165, 1.54) is 13.4 Å². The highest BCUT2D eigenvalue weighted by Crippen LogP contribution is 2.36. The number of rotatable bonds is 5. The molecule has 2 N–H and O–H groups in total. The predicted molar refractivity (Wildman–Crippen MR) is 75.5 cm³/mol. The minimum Gasteiger partial charge on any atom is -0.476 e. The van der Waals surface area contributed by atoms with Crippen LogP contribution in [0, 0.1) is 10.1 Å². The van der Waals surface area contributed by atoms with Crippen molar-refractivity contribution in [1.82, 2.24) is 9.97 Å². The molecular weight excluding hydrogens is 278 g/mol. The number of hydrogen-bond donors (Lipinski definition) is 1. The lowest BCUT2D eigenvalue weighted by atomic mass is 9.99. The lowest BCUT2D eigenvalue weighted by Crippen LogP contribution is -2.49. The second-order valence-corrected chi connectivity index (χ2v) is 4.78. The maximum atomic E-state index is 11.3. The highest BCUT2D eigenvalue weighted by molar-refractivity contribution is 5.63. The van der Waals surface area contributed by atoms with Crippen LogP contribution in [0.1, 0.15) is 12.8 Å². The zero-order valence-corrected chi connectivity index (χ0v) is 12.1. The van der Waals surface area contributed by atoms with Crippen molar-refractivity contribution in [1.29, 1.82) is 0 Å². The molecule has 9 nitrogen and oxygen atoms in total. The van der Waals surface area contributed by atoms with Gasteiger partial charge in [-0.15, -0.1) is 0 Å². The number of hydrogen-bond acceptors (Lipinski definition) is 8. The third kappa shape index (κ3) is 3.03. The molecule has 21 heavy (non-hydrogen) atoms. The van der Waals surface area contributed by atoms with Crippen molar-refractivity contribution >= 4 is 11.5 Å². The summed E-state index contributed by atoms with van der Waals surface area (Å²) in [5, 5.41) is 11.3. The number of ether oxygens (including phenoxy) is 2. The molecule has 2 atom stereocenters. The zero-order valence-electron chi connectivity index (χ0n) is 12.1. The summed E-state index contributed by atoms with van der Waals surface area (Å²) in [6, 6.07) is -0.0676. The van der Waals surface area contributed by atoms with Crippen LogP contribution < -0.4 is 15.4 Å². The smallest absolute Gasteiger partial charge is 0.372 e. The first-order chi connectivity index (χ1) is 10.1. The Morgan fingerprint density at radius 1 is 1.52 bits per heavy atom. The normalized spacial score (nSPS) is 22.1. The highest BCUT2D eigenvalue weighted by Gasteiger charge is 2.35. The zero-order chi connectivity index (χ0) is 15.4. The molecule has 9 heteroatoms. The van der Waals surface area contributed by atoms with Gasteiger partial charge >= 0.3 is 5.69 Å². The van der Waals surface area contributed by atoms with Crippen molar-refractivity contribution in [2.75, 3.05) is 32.2 Å². The Hall–Kier alpha value is -2.00. The Morgan fingerprint density at radius 2 is 2.29 bits per heavy atom. The lowest BCUT2D eigenvalue weighted by molar-refractivity contribution is -0.385. The van der Waals surface area contributed by atoms with Crippen LogP contribution in [-0.2, 0) is 4.74 Å². The van der Waals surface area contributed by atoms with E-state index in [0.717, 1.165) is 6.42 Å². The molecule has 1 aliphatic heterocycles. The summed E-state index contributed by atoms with van der Waals surface area (Å²) in [4.78, 5) is 20.5. The molecule has 1 aromatic rings. The summed E-state index contributed by atoms with van der Waals surface area (Å²) in [7, 11) is 3.00. The molecule has 2 rings (SSSR count). The van der Waals surface area contributed by atoms with Crippen LogP contribution >= 0.6 is 0 Å². The summed E-state index contributed by atoms with van der Waals surface area (Å²) >= 11 is 0. The van der Waals surface area contributed by atoms with Gasteiger partial charge in [0.05, 0.1) is 18.1 Å². The molecule has 0 aromatic carbocycles.